The Morgan fingerprint density at radius 2 is 1.78 bits per heavy atom. The zero-order chi connectivity index (χ0) is 19.3. The molecule has 0 aliphatic rings. The zero-order valence-electron chi connectivity index (χ0n) is 16.1. The first kappa shape index (κ1) is 20.4. The maximum Gasteiger partial charge on any atom is 0.287 e. The van der Waals surface area contributed by atoms with Gasteiger partial charge in [0.05, 0.1) is 6.26 Å². The minimum atomic E-state index is -0.217. The van der Waals surface area contributed by atoms with Crippen molar-refractivity contribution in [1.82, 2.24) is 16.0 Å². The number of guanidine groups is 1. The van der Waals surface area contributed by atoms with Crippen molar-refractivity contribution in [2.75, 3.05) is 44.7 Å². The lowest BCUT2D eigenvalue weighted by Gasteiger charge is -2.23. The molecule has 0 radical (unpaired) electrons. The third kappa shape index (κ3) is 7.05. The zero-order valence-corrected chi connectivity index (χ0v) is 16.1. The van der Waals surface area contributed by atoms with Crippen molar-refractivity contribution in [3.05, 3.63) is 54.5 Å². The Morgan fingerprint density at radius 1 is 1.04 bits per heavy atom. The topological polar surface area (TPSA) is 81.9 Å². The molecule has 7 nitrogen and oxygen atoms in total. The van der Waals surface area contributed by atoms with Gasteiger partial charge in [0.2, 0.25) is 0 Å². The summed E-state index contributed by atoms with van der Waals surface area (Å²) in [5.74, 6) is 0.826. The van der Waals surface area contributed by atoms with Crippen molar-refractivity contribution in [2.45, 2.75) is 13.3 Å². The molecule has 27 heavy (non-hydrogen) atoms. The third-order valence-electron chi connectivity index (χ3n) is 4.07. The second kappa shape index (κ2) is 11.6. The molecule has 0 saturated heterocycles. The monoisotopic (exact) mass is 371 g/mol. The maximum absolute atomic E-state index is 11.8. The molecule has 0 atom stereocenters. The van der Waals surface area contributed by atoms with Crippen LogP contribution in [0.25, 0.3) is 0 Å². The maximum atomic E-state index is 11.8. The van der Waals surface area contributed by atoms with Gasteiger partial charge < -0.3 is 25.3 Å². The minimum Gasteiger partial charge on any atom is -0.459 e. The highest BCUT2D eigenvalue weighted by Gasteiger charge is 2.07. The number of aliphatic imine (C=N–C) groups is 1. The summed E-state index contributed by atoms with van der Waals surface area (Å²) in [5.41, 5.74) is 1.25. The summed E-state index contributed by atoms with van der Waals surface area (Å²) < 4.78 is 5.05. The molecule has 2 rings (SSSR count). The highest BCUT2D eigenvalue weighted by Crippen LogP contribution is 2.12. The second-order valence-electron chi connectivity index (χ2n) is 5.93. The number of carbonyl (C=O) groups is 1. The number of furan rings is 1. The average Bonchev–Trinajstić information content (AvgIpc) is 3.25. The van der Waals surface area contributed by atoms with E-state index in [0.29, 0.717) is 18.8 Å². The van der Waals surface area contributed by atoms with Gasteiger partial charge in [0.25, 0.3) is 5.91 Å². The van der Waals surface area contributed by atoms with Gasteiger partial charge in [0.15, 0.2) is 11.7 Å². The molecule has 0 unspecified atom stereocenters. The van der Waals surface area contributed by atoms with Gasteiger partial charge in [-0.15, -0.1) is 0 Å². The molecule has 1 aromatic heterocycles. The Morgan fingerprint density at radius 3 is 2.44 bits per heavy atom. The van der Waals surface area contributed by atoms with E-state index in [1.165, 1.54) is 12.0 Å². The number of hydrogen-bond acceptors (Lipinski definition) is 4. The van der Waals surface area contributed by atoms with Crippen molar-refractivity contribution in [3.63, 3.8) is 0 Å². The van der Waals surface area contributed by atoms with Gasteiger partial charge in [0.1, 0.15) is 0 Å². The number of carbonyl (C=O) groups excluding carboxylic acids is 1. The number of benzene rings is 1. The van der Waals surface area contributed by atoms with Gasteiger partial charge in [0, 0.05) is 45.5 Å². The van der Waals surface area contributed by atoms with E-state index in [9.17, 15) is 4.79 Å². The highest BCUT2D eigenvalue weighted by atomic mass is 16.3. The Kier molecular flexibility index (Phi) is 8.76. The molecule has 3 N–H and O–H groups in total. The van der Waals surface area contributed by atoms with E-state index in [2.05, 4.69) is 57.0 Å². The van der Waals surface area contributed by atoms with Crippen LogP contribution in [0.1, 0.15) is 23.9 Å². The molecule has 0 spiro atoms. The van der Waals surface area contributed by atoms with Crippen LogP contribution in [0.5, 0.6) is 0 Å². The SMILES string of the molecule is CCN(CCCNC(=NC)NCCNC(=O)c1ccco1)c1ccccc1. The Hall–Kier alpha value is -2.96. The Balaban J connectivity index is 1.60. The molecule has 1 heterocycles. The molecule has 0 aliphatic carbocycles. The van der Waals surface area contributed by atoms with Crippen LogP contribution in [0.3, 0.4) is 0 Å². The number of anilines is 1. The van der Waals surface area contributed by atoms with Crippen LogP contribution in [-0.4, -0.2) is 51.6 Å². The first-order valence-electron chi connectivity index (χ1n) is 9.30. The number of nitrogens with one attached hydrogen (secondary N) is 3. The molecule has 0 bridgehead atoms. The van der Waals surface area contributed by atoms with E-state index < -0.39 is 0 Å². The Bertz CT molecular complexity index is 686. The fraction of sp³-hybridized carbons (Fsp3) is 0.400. The lowest BCUT2D eigenvalue weighted by atomic mass is 10.2. The molecular formula is C20H29N5O2. The van der Waals surface area contributed by atoms with Gasteiger partial charge in [-0.3, -0.25) is 9.79 Å². The van der Waals surface area contributed by atoms with Crippen LogP contribution in [0.2, 0.25) is 0 Å². The van der Waals surface area contributed by atoms with Crippen LogP contribution in [0.15, 0.2) is 58.1 Å². The summed E-state index contributed by atoms with van der Waals surface area (Å²) in [7, 11) is 1.74. The van der Waals surface area contributed by atoms with Crippen LogP contribution in [0.4, 0.5) is 5.69 Å². The van der Waals surface area contributed by atoms with Crippen LogP contribution >= 0.6 is 0 Å². The number of hydrogen-bond donors (Lipinski definition) is 3. The summed E-state index contributed by atoms with van der Waals surface area (Å²) >= 11 is 0. The lowest BCUT2D eigenvalue weighted by molar-refractivity contribution is 0.0926. The molecule has 2 aromatic rings. The molecular weight excluding hydrogens is 342 g/mol. The van der Waals surface area contributed by atoms with Crippen molar-refractivity contribution < 1.29 is 9.21 Å². The summed E-state index contributed by atoms with van der Waals surface area (Å²) in [5, 5.41) is 9.27. The van der Waals surface area contributed by atoms with E-state index in [-0.39, 0.29) is 5.91 Å². The van der Waals surface area contributed by atoms with Crippen LogP contribution in [0, 0.1) is 0 Å². The lowest BCUT2D eigenvalue weighted by Crippen LogP contribution is -2.42. The predicted molar refractivity (Wildman–Crippen MR) is 109 cm³/mol. The molecule has 7 heteroatoms. The van der Waals surface area contributed by atoms with Gasteiger partial charge in [-0.2, -0.15) is 0 Å². The molecule has 1 aromatic carbocycles. The summed E-state index contributed by atoms with van der Waals surface area (Å²) in [6, 6.07) is 13.8. The number of para-hydroxylation sites is 1. The molecule has 0 aliphatic heterocycles. The standard InChI is InChI=1S/C20H29N5O2/c1-3-25(17-9-5-4-6-10-17)15-8-12-23-20(21-2)24-14-13-22-19(26)18-11-7-16-27-18/h4-7,9-11,16H,3,8,12-15H2,1-2H3,(H,22,26)(H2,21,23,24). The largest absolute Gasteiger partial charge is 0.459 e. The normalized spacial score (nSPS) is 11.1. The first-order valence-corrected chi connectivity index (χ1v) is 9.30. The van der Waals surface area contributed by atoms with Crippen molar-refractivity contribution in [2.24, 2.45) is 4.99 Å². The molecule has 146 valence electrons. The summed E-state index contributed by atoms with van der Waals surface area (Å²) in [6.07, 6.45) is 2.48. The summed E-state index contributed by atoms with van der Waals surface area (Å²) in [4.78, 5) is 18.3. The van der Waals surface area contributed by atoms with E-state index in [4.69, 9.17) is 4.42 Å². The second-order valence-corrected chi connectivity index (χ2v) is 5.93. The van der Waals surface area contributed by atoms with Crippen molar-refractivity contribution in [1.29, 1.82) is 0 Å². The fourth-order valence-corrected chi connectivity index (χ4v) is 2.66. The molecule has 0 fully saturated rings. The highest BCUT2D eigenvalue weighted by molar-refractivity contribution is 5.91. The first-order chi connectivity index (χ1) is 13.2. The van der Waals surface area contributed by atoms with E-state index in [1.807, 2.05) is 6.07 Å². The quantitative estimate of drug-likeness (QED) is 0.338. The minimum absolute atomic E-state index is 0.217. The third-order valence-corrected chi connectivity index (χ3v) is 4.07. The van der Waals surface area contributed by atoms with E-state index in [0.717, 1.165) is 32.0 Å². The van der Waals surface area contributed by atoms with Gasteiger partial charge >= 0.3 is 0 Å². The molecule has 1 amide bonds. The Labute approximate surface area is 160 Å². The molecule has 0 saturated carbocycles. The van der Waals surface area contributed by atoms with Gasteiger partial charge in [-0.1, -0.05) is 18.2 Å². The van der Waals surface area contributed by atoms with E-state index >= 15 is 0 Å². The average molecular weight is 371 g/mol. The van der Waals surface area contributed by atoms with Gasteiger partial charge in [-0.25, -0.2) is 0 Å². The predicted octanol–water partition coefficient (Wildman–Crippen LogP) is 2.09. The number of rotatable bonds is 10. The van der Waals surface area contributed by atoms with Crippen LogP contribution < -0.4 is 20.9 Å². The van der Waals surface area contributed by atoms with E-state index in [1.54, 1.807) is 19.2 Å². The van der Waals surface area contributed by atoms with Crippen molar-refractivity contribution in [3.8, 4) is 0 Å². The van der Waals surface area contributed by atoms with Gasteiger partial charge in [-0.05, 0) is 37.6 Å². The number of nitrogens with zero attached hydrogens (tertiary/aromatic N) is 2. The smallest absolute Gasteiger partial charge is 0.287 e. The van der Waals surface area contributed by atoms with Crippen molar-refractivity contribution >= 4 is 17.6 Å². The fourth-order valence-electron chi connectivity index (χ4n) is 2.66. The number of amides is 1. The van der Waals surface area contributed by atoms with Crippen LogP contribution in [-0.2, 0) is 0 Å². The summed E-state index contributed by atoms with van der Waals surface area (Å²) in [6.45, 7) is 6.00.